The highest BCUT2D eigenvalue weighted by atomic mass is 16.6. The van der Waals surface area contributed by atoms with E-state index in [2.05, 4.69) is 4.98 Å². The van der Waals surface area contributed by atoms with E-state index in [1.54, 1.807) is 18.2 Å². The summed E-state index contributed by atoms with van der Waals surface area (Å²) < 4.78 is 10.6. The normalized spacial score (nSPS) is 10.2. The molecule has 0 saturated heterocycles. The summed E-state index contributed by atoms with van der Waals surface area (Å²) in [6.07, 6.45) is 0. The Morgan fingerprint density at radius 1 is 1.33 bits per heavy atom. The molecule has 0 atom stereocenters. The number of ether oxygens (including phenoxy) is 2. The number of nitrogen functional groups attached to an aromatic ring is 1. The quantitative estimate of drug-likeness (QED) is 0.637. The van der Waals surface area contributed by atoms with Crippen molar-refractivity contribution >= 4 is 11.5 Å². The van der Waals surface area contributed by atoms with E-state index in [9.17, 15) is 10.1 Å². The highest BCUT2D eigenvalue weighted by Crippen LogP contribution is 2.33. The lowest BCUT2D eigenvalue weighted by Crippen LogP contribution is -2.00. The Morgan fingerprint density at radius 2 is 2.10 bits per heavy atom. The van der Waals surface area contributed by atoms with E-state index in [0.29, 0.717) is 17.1 Å². The summed E-state index contributed by atoms with van der Waals surface area (Å²) in [5.74, 6) is 0.632. The van der Waals surface area contributed by atoms with Crippen LogP contribution in [0.3, 0.4) is 0 Å². The van der Waals surface area contributed by atoms with Gasteiger partial charge in [0.25, 0.3) is 0 Å². The summed E-state index contributed by atoms with van der Waals surface area (Å²) >= 11 is 0. The summed E-state index contributed by atoms with van der Waals surface area (Å²) in [4.78, 5) is 13.9. The van der Waals surface area contributed by atoms with Gasteiger partial charge in [0.15, 0.2) is 11.5 Å². The number of aliphatic hydroxyl groups is 1. The lowest BCUT2D eigenvalue weighted by Gasteiger charge is -2.11. The van der Waals surface area contributed by atoms with Crippen LogP contribution in [0.15, 0.2) is 30.3 Å². The van der Waals surface area contributed by atoms with E-state index >= 15 is 0 Å². The van der Waals surface area contributed by atoms with Crippen molar-refractivity contribution in [2.24, 2.45) is 0 Å². The van der Waals surface area contributed by atoms with Gasteiger partial charge in [-0.15, -0.1) is 0 Å². The highest BCUT2D eigenvalue weighted by Gasteiger charge is 2.15. The molecule has 2 rings (SSSR count). The first kappa shape index (κ1) is 14.5. The molecule has 0 aliphatic rings. The second-order valence-electron chi connectivity index (χ2n) is 4.06. The third-order valence-corrected chi connectivity index (χ3v) is 2.70. The van der Waals surface area contributed by atoms with Crippen molar-refractivity contribution in [1.82, 2.24) is 4.98 Å². The molecule has 1 aromatic carbocycles. The predicted octanol–water partition coefficient (Wildman–Crippen LogP) is 1.87. The van der Waals surface area contributed by atoms with Crippen LogP contribution in [0.5, 0.6) is 17.4 Å². The Bertz CT molecular complexity index is 675. The third kappa shape index (κ3) is 3.18. The molecule has 1 aromatic heterocycles. The molecule has 0 aliphatic carbocycles. The minimum absolute atomic E-state index is 0.105. The van der Waals surface area contributed by atoms with E-state index in [1.807, 2.05) is 0 Å². The van der Waals surface area contributed by atoms with Gasteiger partial charge in [-0.05, 0) is 17.7 Å². The number of pyridine rings is 1. The summed E-state index contributed by atoms with van der Waals surface area (Å²) in [7, 11) is 1.46. The van der Waals surface area contributed by atoms with Crippen LogP contribution in [-0.2, 0) is 6.61 Å². The fourth-order valence-corrected chi connectivity index (χ4v) is 1.67. The molecule has 110 valence electrons. The molecule has 0 fully saturated rings. The molecular weight excluding hydrogens is 278 g/mol. The largest absolute Gasteiger partial charge is 0.493 e. The first-order valence-corrected chi connectivity index (χ1v) is 5.91. The van der Waals surface area contributed by atoms with E-state index in [0.717, 1.165) is 0 Å². The Labute approximate surface area is 119 Å². The fourth-order valence-electron chi connectivity index (χ4n) is 1.67. The molecule has 0 aliphatic heterocycles. The molecule has 21 heavy (non-hydrogen) atoms. The van der Waals surface area contributed by atoms with Gasteiger partial charge in [-0.25, -0.2) is 0 Å². The van der Waals surface area contributed by atoms with Crippen molar-refractivity contribution in [2.75, 3.05) is 12.8 Å². The number of hydrogen-bond acceptors (Lipinski definition) is 7. The molecule has 0 radical (unpaired) electrons. The number of nitrogens with two attached hydrogens (primary N) is 1. The molecule has 2 aromatic rings. The smallest absolute Gasteiger partial charge is 0.311 e. The van der Waals surface area contributed by atoms with Gasteiger partial charge in [-0.1, -0.05) is 6.07 Å². The van der Waals surface area contributed by atoms with Crippen molar-refractivity contribution < 1.29 is 19.5 Å². The monoisotopic (exact) mass is 291 g/mol. The zero-order valence-electron chi connectivity index (χ0n) is 11.1. The van der Waals surface area contributed by atoms with E-state index < -0.39 is 4.92 Å². The van der Waals surface area contributed by atoms with Gasteiger partial charge in [0.1, 0.15) is 0 Å². The average Bonchev–Trinajstić information content (AvgIpc) is 2.47. The van der Waals surface area contributed by atoms with Crippen molar-refractivity contribution in [3.05, 3.63) is 46.0 Å². The lowest BCUT2D eigenvalue weighted by molar-refractivity contribution is -0.384. The minimum atomic E-state index is -0.622. The lowest BCUT2D eigenvalue weighted by atomic mass is 10.2. The third-order valence-electron chi connectivity index (χ3n) is 2.70. The van der Waals surface area contributed by atoms with Crippen LogP contribution in [0.25, 0.3) is 0 Å². The molecule has 8 heteroatoms. The number of benzene rings is 1. The first-order valence-electron chi connectivity index (χ1n) is 5.91. The van der Waals surface area contributed by atoms with Gasteiger partial charge in [0.05, 0.1) is 18.6 Å². The van der Waals surface area contributed by atoms with Crippen molar-refractivity contribution in [3.63, 3.8) is 0 Å². The standard InChI is InChI=1S/C13H13N3O5/c1-20-11-6-8(7-17)2-4-10(11)21-12-5-3-9(16(18)19)13(14)15-12/h2-6,17H,7H2,1H3,(H2,14,15). The molecule has 8 nitrogen and oxygen atoms in total. The molecule has 3 N–H and O–H groups in total. The van der Waals surface area contributed by atoms with Crippen LogP contribution in [0.4, 0.5) is 11.5 Å². The topological polar surface area (TPSA) is 121 Å². The van der Waals surface area contributed by atoms with Crippen molar-refractivity contribution in [2.45, 2.75) is 6.61 Å². The molecule has 0 unspecified atom stereocenters. The summed E-state index contributed by atoms with van der Waals surface area (Å²) in [6.45, 7) is -0.126. The van der Waals surface area contributed by atoms with Gasteiger partial charge in [0.2, 0.25) is 11.7 Å². The van der Waals surface area contributed by atoms with Crippen LogP contribution in [0.2, 0.25) is 0 Å². The van der Waals surface area contributed by atoms with E-state index in [-0.39, 0.29) is 24.0 Å². The van der Waals surface area contributed by atoms with Gasteiger partial charge in [-0.2, -0.15) is 4.98 Å². The number of nitrogens with zero attached hydrogens (tertiary/aromatic N) is 2. The van der Waals surface area contributed by atoms with Crippen LogP contribution >= 0.6 is 0 Å². The summed E-state index contributed by atoms with van der Waals surface area (Å²) in [6, 6.07) is 7.43. The van der Waals surface area contributed by atoms with E-state index in [4.69, 9.17) is 20.3 Å². The van der Waals surface area contributed by atoms with Gasteiger partial charge >= 0.3 is 5.69 Å². The number of aromatic nitrogens is 1. The summed E-state index contributed by atoms with van der Waals surface area (Å²) in [5, 5.41) is 19.7. The predicted molar refractivity (Wildman–Crippen MR) is 74.3 cm³/mol. The molecule has 0 bridgehead atoms. The second-order valence-corrected chi connectivity index (χ2v) is 4.06. The van der Waals surface area contributed by atoms with E-state index in [1.165, 1.54) is 19.2 Å². The highest BCUT2D eigenvalue weighted by molar-refractivity contribution is 5.54. The average molecular weight is 291 g/mol. The van der Waals surface area contributed by atoms with Gasteiger partial charge in [-0.3, -0.25) is 10.1 Å². The van der Waals surface area contributed by atoms with Crippen molar-refractivity contribution in [3.8, 4) is 17.4 Å². The molecule has 0 amide bonds. The maximum absolute atomic E-state index is 10.7. The van der Waals surface area contributed by atoms with Crippen molar-refractivity contribution in [1.29, 1.82) is 0 Å². The maximum atomic E-state index is 10.7. The van der Waals surface area contributed by atoms with Crippen LogP contribution < -0.4 is 15.2 Å². The second kappa shape index (κ2) is 6.06. The maximum Gasteiger partial charge on any atom is 0.311 e. The number of nitro groups is 1. The number of hydrogen-bond donors (Lipinski definition) is 2. The Kier molecular flexibility index (Phi) is 4.19. The summed E-state index contributed by atoms with van der Waals surface area (Å²) in [5.41, 5.74) is 5.87. The zero-order valence-corrected chi connectivity index (χ0v) is 11.1. The molecule has 1 heterocycles. The first-order chi connectivity index (χ1) is 10.0. The molecule has 0 spiro atoms. The number of rotatable bonds is 5. The van der Waals surface area contributed by atoms with Gasteiger partial charge < -0.3 is 20.3 Å². The number of aliphatic hydroxyl groups excluding tert-OH is 1. The zero-order chi connectivity index (χ0) is 15.4. The van der Waals surface area contributed by atoms with Crippen LogP contribution in [0.1, 0.15) is 5.56 Å². The molecular formula is C13H13N3O5. The van der Waals surface area contributed by atoms with Gasteiger partial charge in [0, 0.05) is 12.1 Å². The van der Waals surface area contributed by atoms with Crippen LogP contribution in [0, 0.1) is 10.1 Å². The number of methoxy groups -OCH3 is 1. The van der Waals surface area contributed by atoms with Crippen LogP contribution in [-0.4, -0.2) is 22.1 Å². The molecule has 0 saturated carbocycles. The Hall–Kier alpha value is -2.87. The fraction of sp³-hybridized carbons (Fsp3) is 0.154. The number of anilines is 1. The Morgan fingerprint density at radius 3 is 2.67 bits per heavy atom. The Balaban J connectivity index is 2.30. The SMILES string of the molecule is COc1cc(CO)ccc1Oc1ccc([N+](=O)[O-])c(N)n1. The minimum Gasteiger partial charge on any atom is -0.493 e.